The molecular weight excluding hydrogens is 276 g/mol. The van der Waals surface area contributed by atoms with Gasteiger partial charge in [-0.3, -0.25) is 9.59 Å². The van der Waals surface area contributed by atoms with Crippen LogP contribution >= 0.6 is 0 Å². The van der Waals surface area contributed by atoms with Gasteiger partial charge in [-0.2, -0.15) is 0 Å². The summed E-state index contributed by atoms with van der Waals surface area (Å²) in [5.74, 6) is 0.434. The fourth-order valence-electron chi connectivity index (χ4n) is 2.54. The summed E-state index contributed by atoms with van der Waals surface area (Å²) in [5.41, 5.74) is 0.582. The number of rotatable bonds is 7. The molecule has 3 unspecified atom stereocenters. The molecule has 1 aliphatic carbocycles. The lowest BCUT2D eigenvalue weighted by molar-refractivity contribution is -0.124. The molecule has 2 N–H and O–H groups in total. The molecule has 1 aliphatic rings. The van der Waals surface area contributed by atoms with E-state index >= 15 is 0 Å². The standard InChI is InChI=1S/C18H26N2O2/c1-4-12(2)16(18(22)19-13(3)14-10-11-14)20-17(21)15-8-6-5-7-9-15/h5-9,12-14,16H,4,10-11H2,1-3H3,(H,19,22)(H,20,21). The van der Waals surface area contributed by atoms with Crippen LogP contribution in [0.1, 0.15) is 50.4 Å². The minimum atomic E-state index is -0.487. The SMILES string of the molecule is CCC(C)C(NC(=O)c1ccccc1)C(=O)NC(C)C1CC1. The molecule has 4 nitrogen and oxygen atoms in total. The Balaban J connectivity index is 2.02. The molecule has 120 valence electrons. The van der Waals surface area contributed by atoms with E-state index in [0.717, 1.165) is 6.42 Å². The first-order chi connectivity index (χ1) is 10.5. The molecule has 1 aromatic rings. The molecule has 22 heavy (non-hydrogen) atoms. The molecule has 0 saturated heterocycles. The van der Waals surface area contributed by atoms with E-state index in [9.17, 15) is 9.59 Å². The molecule has 2 amide bonds. The van der Waals surface area contributed by atoms with Gasteiger partial charge in [0.05, 0.1) is 0 Å². The van der Waals surface area contributed by atoms with E-state index in [2.05, 4.69) is 10.6 Å². The van der Waals surface area contributed by atoms with Crippen molar-refractivity contribution in [3.63, 3.8) is 0 Å². The van der Waals surface area contributed by atoms with Crippen LogP contribution in [0.3, 0.4) is 0 Å². The zero-order valence-electron chi connectivity index (χ0n) is 13.6. The minimum absolute atomic E-state index is 0.0713. The van der Waals surface area contributed by atoms with E-state index in [1.807, 2.05) is 39.0 Å². The van der Waals surface area contributed by atoms with Crippen molar-refractivity contribution in [1.29, 1.82) is 0 Å². The Morgan fingerprint density at radius 3 is 2.32 bits per heavy atom. The molecule has 1 saturated carbocycles. The maximum atomic E-state index is 12.5. The lowest BCUT2D eigenvalue weighted by Gasteiger charge is -2.25. The molecule has 0 spiro atoms. The second kappa shape index (κ2) is 7.43. The van der Waals surface area contributed by atoms with Gasteiger partial charge < -0.3 is 10.6 Å². The van der Waals surface area contributed by atoms with Gasteiger partial charge in [0, 0.05) is 11.6 Å². The fourth-order valence-corrected chi connectivity index (χ4v) is 2.54. The topological polar surface area (TPSA) is 58.2 Å². The van der Waals surface area contributed by atoms with Gasteiger partial charge in [0.2, 0.25) is 5.91 Å². The second-order valence-electron chi connectivity index (χ2n) is 6.34. The summed E-state index contributed by atoms with van der Waals surface area (Å²) in [6.45, 7) is 6.07. The van der Waals surface area contributed by atoms with Gasteiger partial charge in [-0.15, -0.1) is 0 Å². The summed E-state index contributed by atoms with van der Waals surface area (Å²) < 4.78 is 0. The van der Waals surface area contributed by atoms with Crippen molar-refractivity contribution in [2.45, 2.75) is 52.1 Å². The second-order valence-corrected chi connectivity index (χ2v) is 6.34. The molecule has 4 heteroatoms. The van der Waals surface area contributed by atoms with Gasteiger partial charge in [-0.1, -0.05) is 38.5 Å². The third-order valence-electron chi connectivity index (χ3n) is 4.52. The summed E-state index contributed by atoms with van der Waals surface area (Å²) in [4.78, 5) is 24.8. The number of hydrogen-bond donors (Lipinski definition) is 2. The molecule has 0 aliphatic heterocycles. The van der Waals surface area contributed by atoms with E-state index in [4.69, 9.17) is 0 Å². The van der Waals surface area contributed by atoms with Crippen LogP contribution in [-0.2, 0) is 4.79 Å². The maximum absolute atomic E-state index is 12.5. The zero-order valence-corrected chi connectivity index (χ0v) is 13.6. The van der Waals surface area contributed by atoms with Crippen molar-refractivity contribution in [1.82, 2.24) is 10.6 Å². The van der Waals surface area contributed by atoms with Gasteiger partial charge >= 0.3 is 0 Å². The van der Waals surface area contributed by atoms with Crippen LogP contribution in [0.4, 0.5) is 0 Å². The zero-order chi connectivity index (χ0) is 16.1. The average Bonchev–Trinajstić information content (AvgIpc) is 3.37. The molecule has 0 bridgehead atoms. The van der Waals surface area contributed by atoms with Crippen LogP contribution < -0.4 is 10.6 Å². The molecule has 1 aromatic carbocycles. The third kappa shape index (κ3) is 4.33. The van der Waals surface area contributed by atoms with E-state index in [1.54, 1.807) is 12.1 Å². The van der Waals surface area contributed by atoms with Crippen LogP contribution in [0, 0.1) is 11.8 Å². The van der Waals surface area contributed by atoms with E-state index in [-0.39, 0.29) is 23.8 Å². The first kappa shape index (κ1) is 16.5. The smallest absolute Gasteiger partial charge is 0.251 e. The molecular formula is C18H26N2O2. The Bertz CT molecular complexity index is 511. The highest BCUT2D eigenvalue weighted by atomic mass is 16.2. The Labute approximate surface area is 132 Å². The lowest BCUT2D eigenvalue weighted by Crippen LogP contribution is -2.52. The largest absolute Gasteiger partial charge is 0.352 e. The summed E-state index contributed by atoms with van der Waals surface area (Å²) in [7, 11) is 0. The van der Waals surface area contributed by atoms with Gasteiger partial charge in [-0.05, 0) is 43.7 Å². The highest BCUT2D eigenvalue weighted by Gasteiger charge is 2.32. The van der Waals surface area contributed by atoms with E-state index in [0.29, 0.717) is 11.5 Å². The molecule has 2 rings (SSSR count). The van der Waals surface area contributed by atoms with Crippen LogP contribution in [0.15, 0.2) is 30.3 Å². The van der Waals surface area contributed by atoms with Crippen molar-refractivity contribution < 1.29 is 9.59 Å². The predicted octanol–water partition coefficient (Wildman–Crippen LogP) is 2.75. The molecule has 0 heterocycles. The summed E-state index contributed by atoms with van der Waals surface area (Å²) in [5, 5.41) is 5.96. The quantitative estimate of drug-likeness (QED) is 0.813. The van der Waals surface area contributed by atoms with Crippen LogP contribution in [0.5, 0.6) is 0 Å². The summed E-state index contributed by atoms with van der Waals surface area (Å²) >= 11 is 0. The molecule has 0 radical (unpaired) electrons. The van der Waals surface area contributed by atoms with Crippen LogP contribution in [-0.4, -0.2) is 23.9 Å². The number of amides is 2. The fraction of sp³-hybridized carbons (Fsp3) is 0.556. The number of benzene rings is 1. The summed E-state index contributed by atoms with van der Waals surface area (Å²) in [6, 6.07) is 8.73. The Hall–Kier alpha value is -1.84. The third-order valence-corrected chi connectivity index (χ3v) is 4.52. The van der Waals surface area contributed by atoms with E-state index in [1.165, 1.54) is 12.8 Å². The number of nitrogens with one attached hydrogen (secondary N) is 2. The minimum Gasteiger partial charge on any atom is -0.352 e. The van der Waals surface area contributed by atoms with Gasteiger partial charge in [-0.25, -0.2) is 0 Å². The normalized spacial score (nSPS) is 18.1. The first-order valence-corrected chi connectivity index (χ1v) is 8.19. The number of carbonyl (C=O) groups is 2. The monoisotopic (exact) mass is 302 g/mol. The van der Waals surface area contributed by atoms with Crippen molar-refractivity contribution >= 4 is 11.8 Å². The number of hydrogen-bond acceptors (Lipinski definition) is 2. The Morgan fingerprint density at radius 2 is 1.77 bits per heavy atom. The van der Waals surface area contributed by atoms with Gasteiger partial charge in [0.1, 0.15) is 6.04 Å². The molecule has 0 aromatic heterocycles. The van der Waals surface area contributed by atoms with Gasteiger partial charge in [0.15, 0.2) is 0 Å². The van der Waals surface area contributed by atoms with Crippen molar-refractivity contribution in [3.05, 3.63) is 35.9 Å². The van der Waals surface area contributed by atoms with E-state index < -0.39 is 6.04 Å². The summed E-state index contributed by atoms with van der Waals surface area (Å²) in [6.07, 6.45) is 3.21. The highest BCUT2D eigenvalue weighted by molar-refractivity contribution is 5.97. The van der Waals surface area contributed by atoms with Crippen LogP contribution in [0.2, 0.25) is 0 Å². The average molecular weight is 302 g/mol. The van der Waals surface area contributed by atoms with Gasteiger partial charge in [0.25, 0.3) is 5.91 Å². The van der Waals surface area contributed by atoms with Crippen molar-refractivity contribution in [3.8, 4) is 0 Å². The van der Waals surface area contributed by atoms with Crippen LogP contribution in [0.25, 0.3) is 0 Å². The molecule has 1 fully saturated rings. The van der Waals surface area contributed by atoms with Crippen molar-refractivity contribution in [2.75, 3.05) is 0 Å². The molecule has 3 atom stereocenters. The Kier molecular flexibility index (Phi) is 5.58. The predicted molar refractivity (Wildman–Crippen MR) is 87.5 cm³/mol. The Morgan fingerprint density at radius 1 is 1.14 bits per heavy atom. The van der Waals surface area contributed by atoms with Crippen molar-refractivity contribution in [2.24, 2.45) is 11.8 Å². The number of carbonyl (C=O) groups excluding carboxylic acids is 2. The first-order valence-electron chi connectivity index (χ1n) is 8.19. The highest BCUT2D eigenvalue weighted by Crippen LogP contribution is 2.32. The lowest BCUT2D eigenvalue weighted by atomic mass is 9.97. The maximum Gasteiger partial charge on any atom is 0.251 e.